The van der Waals surface area contributed by atoms with Crippen LogP contribution in [0.15, 0.2) is 30.3 Å². The fraction of sp³-hybridized carbons (Fsp3) is 0.471. The Labute approximate surface area is 130 Å². The van der Waals surface area contributed by atoms with Crippen molar-refractivity contribution in [2.45, 2.75) is 38.8 Å². The van der Waals surface area contributed by atoms with Gasteiger partial charge in [0.2, 0.25) is 0 Å². The molecule has 0 bridgehead atoms. The molecule has 0 spiro atoms. The van der Waals surface area contributed by atoms with Crippen molar-refractivity contribution in [2.24, 2.45) is 0 Å². The van der Waals surface area contributed by atoms with Crippen molar-refractivity contribution in [1.82, 2.24) is 10.3 Å². The zero-order valence-electron chi connectivity index (χ0n) is 12.5. The van der Waals surface area contributed by atoms with Crippen LogP contribution in [0.25, 0.3) is 10.4 Å². The molecule has 2 heterocycles. The van der Waals surface area contributed by atoms with Crippen LogP contribution in [0.5, 0.6) is 0 Å². The molecule has 0 amide bonds. The fourth-order valence-electron chi connectivity index (χ4n) is 2.67. The predicted octanol–water partition coefficient (Wildman–Crippen LogP) is 3.64. The van der Waals surface area contributed by atoms with E-state index in [-0.39, 0.29) is 0 Å². The lowest BCUT2D eigenvalue weighted by molar-refractivity contribution is 0.111. The molecule has 1 saturated heterocycles. The van der Waals surface area contributed by atoms with Gasteiger partial charge in [0.05, 0.1) is 21.7 Å². The largest absolute Gasteiger partial charge is 0.378 e. The molecule has 1 N–H and O–H groups in total. The zero-order valence-corrected chi connectivity index (χ0v) is 13.3. The van der Waals surface area contributed by atoms with E-state index < -0.39 is 0 Å². The third-order valence-corrected chi connectivity index (χ3v) is 4.92. The Kier molecular flexibility index (Phi) is 5.01. The smallest absolute Gasteiger partial charge is 0.0961 e. The second-order valence-corrected chi connectivity index (χ2v) is 6.45. The summed E-state index contributed by atoms with van der Waals surface area (Å²) in [4.78, 5) is 6.16. The summed E-state index contributed by atoms with van der Waals surface area (Å²) in [6, 6.07) is 10.6. The topological polar surface area (TPSA) is 34.2 Å². The summed E-state index contributed by atoms with van der Waals surface area (Å²) in [5, 5.41) is 4.60. The highest BCUT2D eigenvalue weighted by molar-refractivity contribution is 7.15. The second-order valence-electron chi connectivity index (χ2n) is 5.37. The SMILES string of the molecule is CCNCc1nc(CC2CCCO2)sc1-c1ccccc1. The molecule has 112 valence electrons. The van der Waals surface area contributed by atoms with E-state index in [0.717, 1.165) is 26.1 Å². The summed E-state index contributed by atoms with van der Waals surface area (Å²) in [7, 11) is 0. The molecule has 2 aromatic rings. The first-order valence-electron chi connectivity index (χ1n) is 7.73. The lowest BCUT2D eigenvalue weighted by atomic mass is 10.1. The Morgan fingerprint density at radius 1 is 1.33 bits per heavy atom. The molecule has 0 aliphatic carbocycles. The quantitative estimate of drug-likeness (QED) is 0.884. The molecule has 1 atom stereocenters. The predicted molar refractivity (Wildman–Crippen MR) is 87.6 cm³/mol. The van der Waals surface area contributed by atoms with Crippen molar-refractivity contribution in [3.63, 3.8) is 0 Å². The van der Waals surface area contributed by atoms with Gasteiger partial charge in [0.15, 0.2) is 0 Å². The number of hydrogen-bond acceptors (Lipinski definition) is 4. The Morgan fingerprint density at radius 3 is 2.90 bits per heavy atom. The van der Waals surface area contributed by atoms with E-state index in [1.165, 1.54) is 34.0 Å². The zero-order chi connectivity index (χ0) is 14.5. The van der Waals surface area contributed by atoms with Gasteiger partial charge in [0.25, 0.3) is 0 Å². The summed E-state index contributed by atoms with van der Waals surface area (Å²) in [5.74, 6) is 0. The number of ether oxygens (including phenoxy) is 1. The highest BCUT2D eigenvalue weighted by atomic mass is 32.1. The fourth-order valence-corrected chi connectivity index (χ4v) is 3.82. The Balaban J connectivity index is 1.83. The maximum Gasteiger partial charge on any atom is 0.0961 e. The molecule has 3 rings (SSSR count). The van der Waals surface area contributed by atoms with Gasteiger partial charge in [-0.3, -0.25) is 0 Å². The summed E-state index contributed by atoms with van der Waals surface area (Å²) in [5.41, 5.74) is 2.43. The molecule has 4 heteroatoms. The van der Waals surface area contributed by atoms with Crippen molar-refractivity contribution in [3.05, 3.63) is 41.0 Å². The Bertz CT molecular complexity index is 561. The van der Waals surface area contributed by atoms with Crippen LogP contribution in [-0.2, 0) is 17.7 Å². The van der Waals surface area contributed by atoms with Crippen LogP contribution in [-0.4, -0.2) is 24.2 Å². The lowest BCUT2D eigenvalue weighted by Gasteiger charge is -2.05. The van der Waals surface area contributed by atoms with Gasteiger partial charge in [0.1, 0.15) is 0 Å². The van der Waals surface area contributed by atoms with E-state index >= 15 is 0 Å². The maximum absolute atomic E-state index is 5.74. The van der Waals surface area contributed by atoms with E-state index in [9.17, 15) is 0 Å². The highest BCUT2D eigenvalue weighted by Crippen LogP contribution is 2.32. The van der Waals surface area contributed by atoms with Crippen LogP contribution in [0.2, 0.25) is 0 Å². The average Bonchev–Trinajstić information content (AvgIpc) is 3.16. The summed E-state index contributed by atoms with van der Waals surface area (Å²) in [6.07, 6.45) is 3.68. The molecule has 1 unspecified atom stereocenters. The number of thiazole rings is 1. The first-order chi connectivity index (χ1) is 10.4. The third kappa shape index (κ3) is 3.70. The molecule has 1 aliphatic rings. The minimum atomic E-state index is 0.367. The van der Waals surface area contributed by atoms with Gasteiger partial charge in [-0.2, -0.15) is 0 Å². The van der Waals surface area contributed by atoms with E-state index in [1.54, 1.807) is 0 Å². The summed E-state index contributed by atoms with van der Waals surface area (Å²) < 4.78 is 5.74. The normalized spacial score (nSPS) is 18.2. The maximum atomic E-state index is 5.74. The molecule has 3 nitrogen and oxygen atoms in total. The van der Waals surface area contributed by atoms with Crippen LogP contribution in [0, 0.1) is 0 Å². The highest BCUT2D eigenvalue weighted by Gasteiger charge is 2.20. The number of hydrogen-bond donors (Lipinski definition) is 1. The molecule has 0 radical (unpaired) electrons. The first kappa shape index (κ1) is 14.7. The van der Waals surface area contributed by atoms with E-state index in [2.05, 4.69) is 42.6 Å². The average molecular weight is 302 g/mol. The van der Waals surface area contributed by atoms with Gasteiger partial charge in [-0.05, 0) is 24.9 Å². The minimum Gasteiger partial charge on any atom is -0.378 e. The lowest BCUT2D eigenvalue weighted by Crippen LogP contribution is -2.13. The number of aromatic nitrogens is 1. The van der Waals surface area contributed by atoms with E-state index in [0.29, 0.717) is 6.10 Å². The van der Waals surface area contributed by atoms with Crippen LogP contribution in [0.3, 0.4) is 0 Å². The van der Waals surface area contributed by atoms with Gasteiger partial charge in [-0.1, -0.05) is 37.3 Å². The Morgan fingerprint density at radius 2 is 2.19 bits per heavy atom. The molecule has 1 aromatic heterocycles. The van der Waals surface area contributed by atoms with Gasteiger partial charge in [-0.25, -0.2) is 4.98 Å². The second kappa shape index (κ2) is 7.16. The van der Waals surface area contributed by atoms with Crippen LogP contribution in [0.4, 0.5) is 0 Å². The first-order valence-corrected chi connectivity index (χ1v) is 8.54. The molecule has 1 fully saturated rings. The van der Waals surface area contributed by atoms with Crippen molar-refractivity contribution in [1.29, 1.82) is 0 Å². The number of benzene rings is 1. The minimum absolute atomic E-state index is 0.367. The Hall–Kier alpha value is -1.23. The van der Waals surface area contributed by atoms with Gasteiger partial charge in [0, 0.05) is 19.6 Å². The number of nitrogens with one attached hydrogen (secondary N) is 1. The number of rotatable bonds is 6. The van der Waals surface area contributed by atoms with Crippen LogP contribution >= 0.6 is 11.3 Å². The van der Waals surface area contributed by atoms with Crippen molar-refractivity contribution in [2.75, 3.05) is 13.2 Å². The monoisotopic (exact) mass is 302 g/mol. The molecule has 1 aromatic carbocycles. The van der Waals surface area contributed by atoms with Gasteiger partial charge in [-0.15, -0.1) is 11.3 Å². The van der Waals surface area contributed by atoms with Crippen LogP contribution < -0.4 is 5.32 Å². The van der Waals surface area contributed by atoms with E-state index in [1.807, 2.05) is 11.3 Å². The third-order valence-electron chi connectivity index (χ3n) is 3.75. The number of nitrogens with zero attached hydrogens (tertiary/aromatic N) is 1. The van der Waals surface area contributed by atoms with Crippen molar-refractivity contribution in [3.8, 4) is 10.4 Å². The summed E-state index contributed by atoms with van der Waals surface area (Å²) in [6.45, 7) is 4.84. The molecule has 1 aliphatic heterocycles. The molecular weight excluding hydrogens is 280 g/mol. The molecular formula is C17H22N2OS. The van der Waals surface area contributed by atoms with Crippen molar-refractivity contribution < 1.29 is 4.74 Å². The van der Waals surface area contributed by atoms with Gasteiger partial charge < -0.3 is 10.1 Å². The van der Waals surface area contributed by atoms with E-state index in [4.69, 9.17) is 9.72 Å². The standard InChI is InChI=1S/C17H22N2OS/c1-2-18-12-15-17(13-7-4-3-5-8-13)21-16(19-15)11-14-9-6-10-20-14/h3-5,7-8,14,18H,2,6,9-12H2,1H3. The summed E-state index contributed by atoms with van der Waals surface area (Å²) >= 11 is 1.82. The van der Waals surface area contributed by atoms with Crippen LogP contribution in [0.1, 0.15) is 30.5 Å². The van der Waals surface area contributed by atoms with Gasteiger partial charge >= 0.3 is 0 Å². The van der Waals surface area contributed by atoms with Crippen molar-refractivity contribution >= 4 is 11.3 Å². The molecule has 21 heavy (non-hydrogen) atoms. The molecule has 0 saturated carbocycles.